The molecule has 0 fully saturated rings. The Labute approximate surface area is 156 Å². The van der Waals surface area contributed by atoms with Crippen LogP contribution in [-0.4, -0.2) is 45.9 Å². The topological polar surface area (TPSA) is 122 Å². The summed E-state index contributed by atoms with van der Waals surface area (Å²) in [4.78, 5) is 15.3. The minimum atomic E-state index is -3.77. The molecule has 0 aliphatic rings. The molecule has 1 aromatic carbocycles. The first-order valence-corrected chi connectivity index (χ1v) is 10.3. The number of benzene rings is 1. The van der Waals surface area contributed by atoms with Gasteiger partial charge in [0.1, 0.15) is 5.82 Å². The number of sulfonamides is 1. The summed E-state index contributed by atoms with van der Waals surface area (Å²) in [6.07, 6.45) is 0. The fraction of sp³-hybridized carbons (Fsp3) is 0.467. The molecule has 0 spiro atoms. The molecule has 26 heavy (non-hydrogen) atoms. The van der Waals surface area contributed by atoms with Gasteiger partial charge in [0.15, 0.2) is 0 Å². The van der Waals surface area contributed by atoms with Crippen LogP contribution in [0, 0.1) is 10.1 Å². The SMILES string of the molecule is CCN(CC)S(=O)(=O)c1ccc(Sc2n[nH]c(C(C)C)n2)c([N+](=O)[O-])c1. The van der Waals surface area contributed by atoms with Gasteiger partial charge in [-0.25, -0.2) is 13.4 Å². The van der Waals surface area contributed by atoms with Gasteiger partial charge in [-0.2, -0.15) is 4.31 Å². The number of nitrogens with zero attached hydrogens (tertiary/aromatic N) is 4. The molecule has 9 nitrogen and oxygen atoms in total. The standard InChI is InChI=1S/C15H21N5O4S2/c1-5-19(6-2)26(23,24)11-7-8-13(12(9-11)20(21)22)25-15-16-14(10(3)4)17-18-15/h7-10H,5-6H2,1-4H3,(H,16,17,18). The average molecular weight is 399 g/mol. The van der Waals surface area contributed by atoms with Gasteiger partial charge in [0.2, 0.25) is 15.2 Å². The second-order valence-electron chi connectivity index (χ2n) is 5.74. The summed E-state index contributed by atoms with van der Waals surface area (Å²) in [6, 6.07) is 3.88. The summed E-state index contributed by atoms with van der Waals surface area (Å²) in [5.41, 5.74) is -0.292. The van der Waals surface area contributed by atoms with E-state index < -0.39 is 14.9 Å². The minimum absolute atomic E-state index is 0.102. The molecule has 11 heteroatoms. The van der Waals surface area contributed by atoms with E-state index in [2.05, 4.69) is 15.2 Å². The van der Waals surface area contributed by atoms with Crippen molar-refractivity contribution in [3.05, 3.63) is 34.1 Å². The van der Waals surface area contributed by atoms with Crippen molar-refractivity contribution in [3.63, 3.8) is 0 Å². The first kappa shape index (κ1) is 20.3. The van der Waals surface area contributed by atoms with Crippen molar-refractivity contribution in [1.82, 2.24) is 19.5 Å². The normalized spacial score (nSPS) is 12.1. The fourth-order valence-electron chi connectivity index (χ4n) is 2.26. The number of rotatable bonds is 8. The number of nitro groups is 1. The van der Waals surface area contributed by atoms with E-state index in [4.69, 9.17) is 0 Å². The lowest BCUT2D eigenvalue weighted by Crippen LogP contribution is -2.30. The molecule has 0 saturated carbocycles. The summed E-state index contributed by atoms with van der Waals surface area (Å²) in [6.45, 7) is 7.91. The summed E-state index contributed by atoms with van der Waals surface area (Å²) in [5.74, 6) is 0.823. The Bertz CT molecular complexity index is 891. The van der Waals surface area contributed by atoms with Crippen molar-refractivity contribution in [3.8, 4) is 0 Å². The zero-order valence-electron chi connectivity index (χ0n) is 15.0. The van der Waals surface area contributed by atoms with Crippen molar-refractivity contribution in [2.24, 2.45) is 0 Å². The molecule has 2 rings (SSSR count). The number of H-pyrrole nitrogens is 1. The van der Waals surface area contributed by atoms with Gasteiger partial charge < -0.3 is 0 Å². The van der Waals surface area contributed by atoms with Crippen LogP contribution in [0.25, 0.3) is 0 Å². The minimum Gasteiger partial charge on any atom is -0.262 e. The maximum Gasteiger partial charge on any atom is 0.284 e. The molecule has 0 radical (unpaired) electrons. The lowest BCUT2D eigenvalue weighted by molar-refractivity contribution is -0.388. The summed E-state index contributed by atoms with van der Waals surface area (Å²) < 4.78 is 26.4. The average Bonchev–Trinajstić information content (AvgIpc) is 3.04. The lowest BCUT2D eigenvalue weighted by atomic mass is 10.2. The van der Waals surface area contributed by atoms with E-state index in [1.165, 1.54) is 16.4 Å². The molecule has 0 saturated heterocycles. The molecule has 0 bridgehead atoms. The predicted octanol–water partition coefficient (Wildman–Crippen LogP) is 3.02. The highest BCUT2D eigenvalue weighted by atomic mass is 32.2. The number of aromatic nitrogens is 3. The molecule has 2 aromatic rings. The smallest absolute Gasteiger partial charge is 0.262 e. The van der Waals surface area contributed by atoms with E-state index in [-0.39, 0.29) is 34.5 Å². The van der Waals surface area contributed by atoms with Crippen LogP contribution in [0.1, 0.15) is 39.4 Å². The second kappa shape index (κ2) is 8.14. The van der Waals surface area contributed by atoms with Crippen molar-refractivity contribution in [2.45, 2.75) is 48.6 Å². The highest BCUT2D eigenvalue weighted by Crippen LogP contribution is 2.35. The highest BCUT2D eigenvalue weighted by molar-refractivity contribution is 7.99. The Hall–Kier alpha value is -1.98. The van der Waals surface area contributed by atoms with E-state index in [1.807, 2.05) is 13.8 Å². The van der Waals surface area contributed by atoms with Gasteiger partial charge in [0, 0.05) is 25.1 Å². The molecule has 0 unspecified atom stereocenters. The van der Waals surface area contributed by atoms with Gasteiger partial charge in [-0.15, -0.1) is 5.10 Å². The van der Waals surface area contributed by atoms with Gasteiger partial charge in [-0.3, -0.25) is 15.2 Å². The van der Waals surface area contributed by atoms with E-state index in [0.717, 1.165) is 17.8 Å². The molecule has 0 aliphatic heterocycles. The zero-order chi connectivity index (χ0) is 19.5. The van der Waals surface area contributed by atoms with Crippen LogP contribution in [0.5, 0.6) is 0 Å². The lowest BCUT2D eigenvalue weighted by Gasteiger charge is -2.18. The second-order valence-corrected chi connectivity index (χ2v) is 8.68. The Morgan fingerprint density at radius 1 is 1.31 bits per heavy atom. The maximum atomic E-state index is 12.6. The van der Waals surface area contributed by atoms with Crippen LogP contribution in [0.4, 0.5) is 5.69 Å². The fourth-order valence-corrected chi connectivity index (χ4v) is 4.54. The highest BCUT2D eigenvalue weighted by Gasteiger charge is 2.26. The number of nitrogens with one attached hydrogen (secondary N) is 1. The van der Waals surface area contributed by atoms with Crippen LogP contribution in [0.15, 0.2) is 33.1 Å². The molecule has 0 atom stereocenters. The molecular formula is C15H21N5O4S2. The third-order valence-corrected chi connectivity index (χ3v) is 6.68. The Morgan fingerprint density at radius 2 is 1.96 bits per heavy atom. The molecule has 0 amide bonds. The first-order valence-electron chi connectivity index (χ1n) is 8.09. The van der Waals surface area contributed by atoms with Gasteiger partial charge in [0.05, 0.1) is 14.7 Å². The molecule has 0 aliphatic carbocycles. The largest absolute Gasteiger partial charge is 0.284 e. The van der Waals surface area contributed by atoms with E-state index in [9.17, 15) is 18.5 Å². The van der Waals surface area contributed by atoms with Crippen LogP contribution in [0.3, 0.4) is 0 Å². The number of hydrogen-bond acceptors (Lipinski definition) is 7. The first-order chi connectivity index (χ1) is 12.2. The van der Waals surface area contributed by atoms with Crippen LogP contribution in [-0.2, 0) is 10.0 Å². The van der Waals surface area contributed by atoms with E-state index in [0.29, 0.717) is 11.0 Å². The van der Waals surface area contributed by atoms with Gasteiger partial charge >= 0.3 is 0 Å². The van der Waals surface area contributed by atoms with Gasteiger partial charge in [-0.05, 0) is 23.9 Å². The summed E-state index contributed by atoms with van der Waals surface area (Å²) in [5, 5.41) is 18.6. The quantitative estimate of drug-likeness (QED) is 0.535. The predicted molar refractivity (Wildman–Crippen MR) is 97.8 cm³/mol. The van der Waals surface area contributed by atoms with Crippen molar-refractivity contribution in [1.29, 1.82) is 0 Å². The summed E-state index contributed by atoms with van der Waals surface area (Å²) in [7, 11) is -3.77. The Kier molecular flexibility index (Phi) is 6.37. The third kappa shape index (κ3) is 4.22. The maximum absolute atomic E-state index is 12.6. The number of aromatic amines is 1. The van der Waals surface area contributed by atoms with Crippen LogP contribution in [0.2, 0.25) is 0 Å². The molecule has 1 aromatic heterocycles. The zero-order valence-corrected chi connectivity index (χ0v) is 16.6. The molecule has 1 N–H and O–H groups in total. The molecule has 142 valence electrons. The molecular weight excluding hydrogens is 378 g/mol. The van der Waals surface area contributed by atoms with Crippen molar-refractivity contribution >= 4 is 27.5 Å². The third-order valence-electron chi connectivity index (χ3n) is 3.70. The van der Waals surface area contributed by atoms with Crippen molar-refractivity contribution < 1.29 is 13.3 Å². The van der Waals surface area contributed by atoms with E-state index in [1.54, 1.807) is 13.8 Å². The molecule has 1 heterocycles. The number of hydrogen-bond donors (Lipinski definition) is 1. The van der Waals surface area contributed by atoms with Crippen LogP contribution < -0.4 is 0 Å². The van der Waals surface area contributed by atoms with Gasteiger partial charge in [0.25, 0.3) is 5.69 Å². The monoisotopic (exact) mass is 399 g/mol. The summed E-state index contributed by atoms with van der Waals surface area (Å²) >= 11 is 1.02. The Balaban J connectivity index is 2.41. The van der Waals surface area contributed by atoms with Crippen LogP contribution >= 0.6 is 11.8 Å². The Morgan fingerprint density at radius 3 is 2.46 bits per heavy atom. The van der Waals surface area contributed by atoms with Crippen molar-refractivity contribution in [2.75, 3.05) is 13.1 Å². The van der Waals surface area contributed by atoms with E-state index >= 15 is 0 Å². The van der Waals surface area contributed by atoms with Gasteiger partial charge in [-0.1, -0.05) is 27.7 Å². The number of nitro benzene ring substituents is 1.